The summed E-state index contributed by atoms with van der Waals surface area (Å²) in [4.78, 5) is 0. The zero-order valence-corrected chi connectivity index (χ0v) is 9.07. The molecule has 0 fully saturated rings. The first kappa shape index (κ1) is 12.4. The van der Waals surface area contributed by atoms with E-state index in [1.54, 1.807) is 0 Å². The van der Waals surface area contributed by atoms with E-state index in [1.165, 1.54) is 38.5 Å². The Hall–Kier alpha value is -0.640. The molecule has 0 aromatic carbocycles. The lowest BCUT2D eigenvalue weighted by molar-refractivity contribution is 0.298. The van der Waals surface area contributed by atoms with Gasteiger partial charge in [0.25, 0.3) is 0 Å². The van der Waals surface area contributed by atoms with E-state index in [2.05, 4.69) is 19.0 Å². The molecule has 0 aliphatic rings. The molecule has 0 N–H and O–H groups in total. The molecule has 0 aliphatic heterocycles. The third kappa shape index (κ3) is 11.4. The molecule has 0 saturated carbocycles. The average Bonchev–Trinajstić information content (AvgIpc) is 2.16. The van der Waals surface area contributed by atoms with Crippen LogP contribution in [0.15, 0.2) is 0 Å². The summed E-state index contributed by atoms with van der Waals surface area (Å²) in [7, 11) is 0. The van der Waals surface area contributed by atoms with Crippen LogP contribution in [0.5, 0.6) is 0 Å². The summed E-state index contributed by atoms with van der Waals surface area (Å²) >= 11 is 0. The number of rotatable bonds is 7. The van der Waals surface area contributed by atoms with Gasteiger partial charge in [-0.15, -0.1) is 0 Å². The maximum absolute atomic E-state index is 4.92. The van der Waals surface area contributed by atoms with Crippen LogP contribution < -0.4 is 0 Å². The molecule has 0 aromatic heterocycles. The monoisotopic (exact) mass is 182 g/mol. The second-order valence-electron chi connectivity index (χ2n) is 3.23. The van der Waals surface area contributed by atoms with Gasteiger partial charge in [0.2, 0.25) is 0 Å². The summed E-state index contributed by atoms with van der Waals surface area (Å²) in [6.45, 7) is 4.90. The zero-order chi connectivity index (χ0) is 9.78. The molecule has 0 radical (unpaired) electrons. The van der Waals surface area contributed by atoms with Crippen molar-refractivity contribution < 1.29 is 4.74 Å². The van der Waals surface area contributed by atoms with Gasteiger partial charge in [-0.1, -0.05) is 44.9 Å². The van der Waals surface area contributed by atoms with Crippen LogP contribution in [-0.4, -0.2) is 6.61 Å². The molecule has 0 aromatic rings. The number of unbranched alkanes of at least 4 members (excludes halogenated alkanes) is 6. The van der Waals surface area contributed by atoms with Gasteiger partial charge in [-0.05, 0) is 13.3 Å². The van der Waals surface area contributed by atoms with Crippen LogP contribution in [-0.2, 0) is 4.74 Å². The Labute approximate surface area is 82.9 Å². The van der Waals surface area contributed by atoms with Gasteiger partial charge in [-0.3, -0.25) is 0 Å². The molecule has 76 valence electrons. The van der Waals surface area contributed by atoms with Crippen LogP contribution in [0.25, 0.3) is 0 Å². The van der Waals surface area contributed by atoms with Gasteiger partial charge < -0.3 is 4.74 Å². The first-order chi connectivity index (χ1) is 6.41. The van der Waals surface area contributed by atoms with Gasteiger partial charge in [0.15, 0.2) is 0 Å². The maximum atomic E-state index is 4.92. The molecule has 13 heavy (non-hydrogen) atoms. The van der Waals surface area contributed by atoms with Crippen molar-refractivity contribution >= 4 is 0 Å². The fourth-order valence-corrected chi connectivity index (χ4v) is 1.17. The van der Waals surface area contributed by atoms with E-state index in [9.17, 15) is 0 Å². The minimum absolute atomic E-state index is 0.698. The van der Waals surface area contributed by atoms with Gasteiger partial charge in [-0.25, -0.2) is 0 Å². The van der Waals surface area contributed by atoms with Crippen molar-refractivity contribution in [3.8, 4) is 12.0 Å². The average molecular weight is 182 g/mol. The van der Waals surface area contributed by atoms with Gasteiger partial charge >= 0.3 is 0 Å². The molecule has 0 unspecified atom stereocenters. The highest BCUT2D eigenvalue weighted by Crippen LogP contribution is 2.05. The van der Waals surface area contributed by atoms with Crippen LogP contribution in [0.2, 0.25) is 0 Å². The standard InChI is InChI=1S/C12H22O/c1-3-5-6-7-8-9-10-11-12-13-4-2/h3-10H2,1-2H3. The molecule has 1 nitrogen and oxygen atoms in total. The molecule has 0 atom stereocenters. The summed E-state index contributed by atoms with van der Waals surface area (Å²) in [6.07, 6.45) is 11.7. The molecule has 0 aliphatic carbocycles. The van der Waals surface area contributed by atoms with Crippen LogP contribution in [0, 0.1) is 12.0 Å². The van der Waals surface area contributed by atoms with Gasteiger partial charge in [-0.2, -0.15) is 0 Å². The van der Waals surface area contributed by atoms with E-state index in [-0.39, 0.29) is 0 Å². The van der Waals surface area contributed by atoms with Crippen molar-refractivity contribution in [2.24, 2.45) is 0 Å². The van der Waals surface area contributed by atoms with Crippen LogP contribution in [0.3, 0.4) is 0 Å². The fraction of sp³-hybridized carbons (Fsp3) is 0.833. The van der Waals surface area contributed by atoms with E-state index < -0.39 is 0 Å². The minimum atomic E-state index is 0.698. The predicted molar refractivity (Wildman–Crippen MR) is 57.4 cm³/mol. The molecule has 0 saturated heterocycles. The second-order valence-corrected chi connectivity index (χ2v) is 3.23. The van der Waals surface area contributed by atoms with Gasteiger partial charge in [0.1, 0.15) is 6.11 Å². The molecular weight excluding hydrogens is 160 g/mol. The van der Waals surface area contributed by atoms with Crippen molar-refractivity contribution in [2.45, 2.75) is 58.8 Å². The quantitative estimate of drug-likeness (QED) is 0.430. The summed E-state index contributed by atoms with van der Waals surface area (Å²) in [6, 6.07) is 0. The first-order valence-electron chi connectivity index (χ1n) is 5.51. The third-order valence-electron chi connectivity index (χ3n) is 1.94. The number of ether oxygens (including phenoxy) is 1. The van der Waals surface area contributed by atoms with Crippen molar-refractivity contribution in [1.82, 2.24) is 0 Å². The molecule has 0 bridgehead atoms. The summed E-state index contributed by atoms with van der Waals surface area (Å²) in [5, 5.41) is 0. The molecule has 1 heteroatoms. The zero-order valence-electron chi connectivity index (χ0n) is 9.07. The third-order valence-corrected chi connectivity index (χ3v) is 1.94. The van der Waals surface area contributed by atoms with E-state index in [0.29, 0.717) is 6.61 Å². The van der Waals surface area contributed by atoms with Crippen LogP contribution in [0.1, 0.15) is 58.8 Å². The molecule has 0 heterocycles. The van der Waals surface area contributed by atoms with Crippen LogP contribution >= 0.6 is 0 Å². The van der Waals surface area contributed by atoms with E-state index in [0.717, 1.165) is 6.42 Å². The molecule has 0 spiro atoms. The summed E-state index contributed by atoms with van der Waals surface area (Å²) in [5.41, 5.74) is 0. The Balaban J connectivity index is 2.96. The highest BCUT2D eigenvalue weighted by atomic mass is 16.5. The van der Waals surface area contributed by atoms with E-state index >= 15 is 0 Å². The van der Waals surface area contributed by atoms with Crippen molar-refractivity contribution in [2.75, 3.05) is 6.61 Å². The Morgan fingerprint density at radius 3 is 2.31 bits per heavy atom. The van der Waals surface area contributed by atoms with Crippen molar-refractivity contribution in [1.29, 1.82) is 0 Å². The number of hydrogen-bond acceptors (Lipinski definition) is 1. The lowest BCUT2D eigenvalue weighted by Crippen LogP contribution is -1.79. The normalized spacial score (nSPS) is 9.08. The van der Waals surface area contributed by atoms with E-state index in [4.69, 9.17) is 4.74 Å². The lowest BCUT2D eigenvalue weighted by atomic mass is 10.1. The summed E-state index contributed by atoms with van der Waals surface area (Å²) in [5.74, 6) is 3.00. The molecular formula is C12H22O. The Bertz CT molecular complexity index is 141. The Morgan fingerprint density at radius 1 is 0.923 bits per heavy atom. The highest BCUT2D eigenvalue weighted by molar-refractivity contribution is 4.90. The largest absolute Gasteiger partial charge is 0.447 e. The smallest absolute Gasteiger partial charge is 0.110 e. The Kier molecular flexibility index (Phi) is 10.8. The lowest BCUT2D eigenvalue weighted by Gasteiger charge is -1.96. The van der Waals surface area contributed by atoms with Crippen molar-refractivity contribution in [3.05, 3.63) is 0 Å². The topological polar surface area (TPSA) is 9.23 Å². The second kappa shape index (κ2) is 11.4. The SMILES string of the molecule is CCCCCCCCC#COCC. The van der Waals surface area contributed by atoms with Gasteiger partial charge in [0, 0.05) is 6.42 Å². The van der Waals surface area contributed by atoms with Crippen molar-refractivity contribution in [3.63, 3.8) is 0 Å². The first-order valence-corrected chi connectivity index (χ1v) is 5.51. The highest BCUT2D eigenvalue weighted by Gasteiger charge is 1.87. The predicted octanol–water partition coefficient (Wildman–Crippen LogP) is 3.73. The van der Waals surface area contributed by atoms with Crippen LogP contribution in [0.4, 0.5) is 0 Å². The molecule has 0 amide bonds. The van der Waals surface area contributed by atoms with E-state index in [1.807, 2.05) is 6.92 Å². The molecule has 0 rings (SSSR count). The maximum Gasteiger partial charge on any atom is 0.110 e. The van der Waals surface area contributed by atoms with Gasteiger partial charge in [0.05, 0.1) is 6.61 Å². The minimum Gasteiger partial charge on any atom is -0.447 e. The fourth-order valence-electron chi connectivity index (χ4n) is 1.17. The Morgan fingerprint density at radius 2 is 1.62 bits per heavy atom. The number of hydrogen-bond donors (Lipinski definition) is 0. The summed E-state index contributed by atoms with van der Waals surface area (Å²) < 4.78 is 4.92.